The molecule has 5 N–H and O–H groups in total. The number of aliphatic carboxylic acids is 1. The first-order chi connectivity index (χ1) is 20.0. The third kappa shape index (κ3) is 4.48. The average Bonchev–Trinajstić information content (AvgIpc) is 3.55. The van der Waals surface area contributed by atoms with Crippen molar-refractivity contribution in [1.82, 2.24) is 29.6 Å². The van der Waals surface area contributed by atoms with E-state index in [1.807, 2.05) is 0 Å². The number of nitrogens with one attached hydrogen (secondary N) is 2. The van der Waals surface area contributed by atoms with Crippen molar-refractivity contribution in [2.24, 2.45) is 23.6 Å². The molecule has 2 bridgehead atoms. The smallest absolute Gasteiger partial charge is 0.419 e. The fourth-order valence-corrected chi connectivity index (χ4v) is 6.20. The number of nitrogens with two attached hydrogens (primary N) is 1. The highest BCUT2D eigenvalue weighted by Crippen LogP contribution is 2.56. The number of fused-ring (bicyclic) bond motifs is 5. The largest absolute Gasteiger partial charge is 0.481 e. The lowest BCUT2D eigenvalue weighted by molar-refractivity contribution is -0.158. The summed E-state index contributed by atoms with van der Waals surface area (Å²) < 4.78 is 7.81. The number of aromatic nitrogens is 4. The van der Waals surface area contributed by atoms with Gasteiger partial charge < -0.3 is 25.9 Å². The molecule has 4 aromatic rings. The summed E-state index contributed by atoms with van der Waals surface area (Å²) in [5.41, 5.74) is 6.01. The molecule has 3 fully saturated rings. The molecule has 1 aromatic carbocycles. The summed E-state index contributed by atoms with van der Waals surface area (Å²) >= 11 is 0. The predicted octanol–water partition coefficient (Wildman–Crippen LogP) is 1.36. The Morgan fingerprint density at radius 3 is 2.43 bits per heavy atom. The van der Waals surface area contributed by atoms with Crippen molar-refractivity contribution >= 4 is 40.4 Å². The van der Waals surface area contributed by atoms with Crippen LogP contribution >= 0.6 is 0 Å². The molecule has 3 heterocycles. The molecule has 218 valence electrons. The molecular weight excluding hydrogens is 546 g/mol. The molecule has 0 aliphatic heterocycles. The number of oxazole rings is 1. The second-order valence-corrected chi connectivity index (χ2v) is 11.4. The minimum absolute atomic E-state index is 0.0325. The van der Waals surface area contributed by atoms with Gasteiger partial charge in [-0.25, -0.2) is 14.8 Å². The molecule has 0 radical (unpaired) electrons. The topological polar surface area (TPSA) is 204 Å². The molecule has 0 saturated heterocycles. The van der Waals surface area contributed by atoms with E-state index in [4.69, 9.17) is 10.2 Å². The van der Waals surface area contributed by atoms with Crippen LogP contribution in [-0.4, -0.2) is 54.3 Å². The molecule has 7 rings (SSSR count). The highest BCUT2D eigenvalue weighted by molar-refractivity contribution is 6.01. The van der Waals surface area contributed by atoms with Crippen LogP contribution in [0.2, 0.25) is 0 Å². The normalized spacial score (nSPS) is 21.5. The van der Waals surface area contributed by atoms with Crippen molar-refractivity contribution in [1.29, 1.82) is 0 Å². The minimum atomic E-state index is -0.863. The zero-order valence-electron chi connectivity index (χ0n) is 22.8. The number of carbonyl (C=O) groups is 4. The van der Waals surface area contributed by atoms with Gasteiger partial charge in [-0.3, -0.25) is 28.1 Å². The first-order valence-electron chi connectivity index (χ1n) is 13.6. The number of nitrogens with zero attached hydrogens (tertiary/aromatic N) is 4. The van der Waals surface area contributed by atoms with Crippen LogP contribution in [0, 0.1) is 10.8 Å². The molecule has 3 saturated carbocycles. The van der Waals surface area contributed by atoms with E-state index >= 15 is 0 Å². The van der Waals surface area contributed by atoms with E-state index in [9.17, 15) is 29.1 Å². The van der Waals surface area contributed by atoms with Crippen LogP contribution < -0.4 is 22.1 Å². The number of benzene rings is 1. The van der Waals surface area contributed by atoms with Crippen LogP contribution in [0.15, 0.2) is 39.8 Å². The molecule has 3 aromatic heterocycles. The second kappa shape index (κ2) is 9.82. The minimum Gasteiger partial charge on any atom is -0.481 e. The van der Waals surface area contributed by atoms with E-state index in [1.165, 1.54) is 21.4 Å². The molecule has 0 unspecified atom stereocenters. The quantitative estimate of drug-likeness (QED) is 0.239. The molecule has 3 aliphatic carbocycles. The fraction of sp³-hybridized carbons (Fsp3) is 0.393. The Balaban J connectivity index is 1.23. The van der Waals surface area contributed by atoms with Crippen LogP contribution in [0.3, 0.4) is 0 Å². The van der Waals surface area contributed by atoms with Crippen molar-refractivity contribution in [3.8, 4) is 0 Å². The Labute approximate surface area is 237 Å². The Hall–Kier alpha value is -5.01. The lowest BCUT2D eigenvalue weighted by atomic mass is 9.53. The van der Waals surface area contributed by atoms with Crippen molar-refractivity contribution in [2.45, 2.75) is 45.1 Å². The molecule has 0 atom stereocenters. The third-order valence-electron chi connectivity index (χ3n) is 8.99. The SMILES string of the molecule is Cn1c(=O)oc2ccc(CNC(=O)c3cc(C(=O)NCC45CCC(C(=O)O)(CC4)CC5)n4cnc(C(N)=O)c4n3)cc21. The summed E-state index contributed by atoms with van der Waals surface area (Å²) in [6, 6.07) is 6.38. The third-order valence-corrected chi connectivity index (χ3v) is 8.99. The second-order valence-electron chi connectivity index (χ2n) is 11.4. The van der Waals surface area contributed by atoms with Crippen LogP contribution in [0.1, 0.15) is 75.6 Å². The van der Waals surface area contributed by atoms with Crippen molar-refractivity contribution < 1.29 is 28.7 Å². The summed E-state index contributed by atoms with van der Waals surface area (Å²) in [6.07, 6.45) is 5.10. The van der Waals surface area contributed by atoms with Crippen molar-refractivity contribution in [3.05, 3.63) is 63.8 Å². The maximum atomic E-state index is 13.5. The maximum absolute atomic E-state index is 13.5. The van der Waals surface area contributed by atoms with Gasteiger partial charge in [0, 0.05) is 20.1 Å². The molecule has 0 spiro atoms. The van der Waals surface area contributed by atoms with E-state index in [2.05, 4.69) is 20.6 Å². The van der Waals surface area contributed by atoms with Gasteiger partial charge in [-0.05, 0) is 67.7 Å². The lowest BCUT2D eigenvalue weighted by Crippen LogP contribution is -2.50. The van der Waals surface area contributed by atoms with E-state index in [-0.39, 0.29) is 34.7 Å². The number of carbonyl (C=O) groups excluding carboxylic acids is 3. The zero-order chi connectivity index (χ0) is 29.8. The summed E-state index contributed by atoms with van der Waals surface area (Å²) in [5, 5.41) is 15.4. The van der Waals surface area contributed by atoms with Crippen LogP contribution in [0.4, 0.5) is 0 Å². The first kappa shape index (κ1) is 27.2. The molecular formula is C28H29N7O7. The van der Waals surface area contributed by atoms with Gasteiger partial charge in [-0.1, -0.05) is 6.07 Å². The standard InChI is InChI=1S/C28H29N7O7/c1-34-17-10-15(2-3-19(17)42-26(34)41)12-30-23(37)16-11-18(35-14-32-20(21(29)36)22(35)33-16)24(38)31-13-27-4-7-28(8-5-27,9-6-27)25(39)40/h2-3,10-11,14H,4-9,12-13H2,1H3,(H2,29,36)(H,30,37)(H,31,38)(H,39,40). The number of carboxylic acids is 1. The maximum Gasteiger partial charge on any atom is 0.419 e. The van der Waals surface area contributed by atoms with Crippen LogP contribution in [-0.2, 0) is 18.4 Å². The first-order valence-corrected chi connectivity index (χ1v) is 13.6. The summed E-state index contributed by atoms with van der Waals surface area (Å²) in [7, 11) is 1.58. The monoisotopic (exact) mass is 575 g/mol. The number of hydrogen-bond acceptors (Lipinski definition) is 8. The van der Waals surface area contributed by atoms with Gasteiger partial charge in [0.15, 0.2) is 16.9 Å². The van der Waals surface area contributed by atoms with Crippen LogP contribution in [0.25, 0.3) is 16.7 Å². The Kier molecular flexibility index (Phi) is 6.35. The van der Waals surface area contributed by atoms with Gasteiger partial charge in [0.05, 0.1) is 10.9 Å². The summed E-state index contributed by atoms with van der Waals surface area (Å²) in [4.78, 5) is 70.5. The molecule has 3 aliphatic rings. The van der Waals surface area contributed by atoms with Crippen molar-refractivity contribution in [2.75, 3.05) is 6.54 Å². The molecule has 42 heavy (non-hydrogen) atoms. The van der Waals surface area contributed by atoms with Crippen molar-refractivity contribution in [3.63, 3.8) is 0 Å². The summed E-state index contributed by atoms with van der Waals surface area (Å²) in [5.74, 6) is -3.21. The predicted molar refractivity (Wildman–Crippen MR) is 147 cm³/mol. The van der Waals surface area contributed by atoms with Gasteiger partial charge in [-0.15, -0.1) is 0 Å². The Bertz CT molecular complexity index is 1830. The molecule has 14 heteroatoms. The number of imidazole rings is 1. The molecule has 3 amide bonds. The Morgan fingerprint density at radius 2 is 1.76 bits per heavy atom. The summed E-state index contributed by atoms with van der Waals surface area (Å²) in [6.45, 7) is 0.439. The van der Waals surface area contributed by atoms with E-state index in [0.29, 0.717) is 61.7 Å². The Morgan fingerprint density at radius 1 is 1.05 bits per heavy atom. The van der Waals surface area contributed by atoms with Gasteiger partial charge in [0.1, 0.15) is 17.7 Å². The average molecular weight is 576 g/mol. The van der Waals surface area contributed by atoms with E-state index < -0.39 is 34.9 Å². The highest BCUT2D eigenvalue weighted by Gasteiger charge is 2.52. The molecule has 14 nitrogen and oxygen atoms in total. The number of hydrogen-bond donors (Lipinski definition) is 4. The zero-order valence-corrected chi connectivity index (χ0v) is 22.8. The number of amides is 3. The van der Waals surface area contributed by atoms with Gasteiger partial charge >= 0.3 is 11.7 Å². The van der Waals surface area contributed by atoms with E-state index in [1.54, 1.807) is 25.2 Å². The fourth-order valence-electron chi connectivity index (χ4n) is 6.20. The highest BCUT2D eigenvalue weighted by atomic mass is 16.4. The van der Waals surface area contributed by atoms with Gasteiger partial charge in [0.25, 0.3) is 17.7 Å². The van der Waals surface area contributed by atoms with Gasteiger partial charge in [0.2, 0.25) is 0 Å². The lowest BCUT2D eigenvalue weighted by Gasteiger charge is -2.51. The number of primary amides is 1. The number of rotatable bonds is 8. The number of carboxylic acid groups (broad SMARTS) is 1. The number of aryl methyl sites for hydroxylation is 1. The van der Waals surface area contributed by atoms with Gasteiger partial charge in [-0.2, -0.15) is 0 Å². The van der Waals surface area contributed by atoms with Crippen LogP contribution in [0.5, 0.6) is 0 Å². The van der Waals surface area contributed by atoms with E-state index in [0.717, 1.165) is 0 Å².